The van der Waals surface area contributed by atoms with Crippen LogP contribution in [0.4, 0.5) is 4.39 Å². The lowest BCUT2D eigenvalue weighted by Gasteiger charge is -2.12. The quantitative estimate of drug-likeness (QED) is 0.727. The molecule has 0 bridgehead atoms. The van der Waals surface area contributed by atoms with Gasteiger partial charge in [0.05, 0.1) is 17.1 Å². The molecule has 1 heterocycles. The van der Waals surface area contributed by atoms with E-state index in [1.807, 2.05) is 25.1 Å². The Hall–Kier alpha value is -1.85. The Balaban J connectivity index is 2.15. The number of hydrogen-bond donors (Lipinski definition) is 2. The summed E-state index contributed by atoms with van der Waals surface area (Å²) in [6, 6.07) is 12.1. The van der Waals surface area contributed by atoms with Crippen molar-refractivity contribution in [1.29, 1.82) is 0 Å². The van der Waals surface area contributed by atoms with Gasteiger partial charge in [-0.25, -0.2) is 9.37 Å². The molecule has 2 N–H and O–H groups in total. The van der Waals surface area contributed by atoms with E-state index in [0.29, 0.717) is 6.54 Å². The van der Waals surface area contributed by atoms with Gasteiger partial charge in [-0.3, -0.25) is 0 Å². The molecule has 3 nitrogen and oxygen atoms in total. The maximum Gasteiger partial charge on any atom is 0.126 e. The average Bonchev–Trinajstić information content (AvgIpc) is 2.82. The van der Waals surface area contributed by atoms with Crippen LogP contribution in [0.2, 0.25) is 0 Å². The van der Waals surface area contributed by atoms with Crippen LogP contribution in [0.15, 0.2) is 47.4 Å². The average molecular weight is 301 g/mol. The number of rotatable bonds is 3. The normalized spacial score (nSPS) is 12.8. The van der Waals surface area contributed by atoms with E-state index in [2.05, 4.69) is 22.2 Å². The summed E-state index contributed by atoms with van der Waals surface area (Å²) in [6.07, 6.45) is 0. The first-order chi connectivity index (χ1) is 10.1. The molecule has 0 amide bonds. The molecule has 0 aliphatic rings. The first-order valence-corrected chi connectivity index (χ1v) is 7.19. The minimum atomic E-state index is -0.239. The largest absolute Gasteiger partial charge is 0.322 e. The van der Waals surface area contributed by atoms with Crippen LogP contribution in [-0.2, 0) is 6.54 Å². The van der Waals surface area contributed by atoms with Crippen LogP contribution in [0.5, 0.6) is 0 Å². The zero-order valence-electron chi connectivity index (χ0n) is 11.6. The molecule has 0 radical (unpaired) electrons. The second kappa shape index (κ2) is 5.50. The molecular weight excluding hydrogens is 285 g/mol. The molecule has 108 valence electrons. The molecule has 21 heavy (non-hydrogen) atoms. The monoisotopic (exact) mass is 301 g/mol. The van der Waals surface area contributed by atoms with Crippen LogP contribution in [0.1, 0.15) is 24.4 Å². The van der Waals surface area contributed by atoms with E-state index >= 15 is 0 Å². The summed E-state index contributed by atoms with van der Waals surface area (Å²) in [4.78, 5) is 5.46. The molecular formula is C16H16FN3S. The van der Waals surface area contributed by atoms with Crippen molar-refractivity contribution in [3.05, 3.63) is 59.7 Å². The number of halogens is 1. The van der Waals surface area contributed by atoms with E-state index in [9.17, 15) is 4.39 Å². The highest BCUT2D eigenvalue weighted by atomic mass is 32.1. The molecule has 0 saturated heterocycles. The molecule has 2 aromatic carbocycles. The van der Waals surface area contributed by atoms with Crippen molar-refractivity contribution in [2.45, 2.75) is 24.4 Å². The Morgan fingerprint density at radius 2 is 1.95 bits per heavy atom. The van der Waals surface area contributed by atoms with Crippen LogP contribution in [0.25, 0.3) is 11.0 Å². The number of benzene rings is 2. The summed E-state index contributed by atoms with van der Waals surface area (Å²) < 4.78 is 15.1. The number of aromatic nitrogens is 2. The maximum atomic E-state index is 13.0. The lowest BCUT2D eigenvalue weighted by molar-refractivity contribution is 0.624. The molecule has 0 fully saturated rings. The number of thiol groups is 1. The number of nitrogens with two attached hydrogens (primary N) is 1. The van der Waals surface area contributed by atoms with Crippen molar-refractivity contribution in [2.75, 3.05) is 0 Å². The Morgan fingerprint density at radius 1 is 1.24 bits per heavy atom. The van der Waals surface area contributed by atoms with Gasteiger partial charge < -0.3 is 10.3 Å². The fourth-order valence-corrected chi connectivity index (χ4v) is 2.79. The molecule has 0 aliphatic heterocycles. The highest BCUT2D eigenvalue weighted by molar-refractivity contribution is 7.80. The Labute approximate surface area is 128 Å². The lowest BCUT2D eigenvalue weighted by Crippen LogP contribution is -2.14. The van der Waals surface area contributed by atoms with Crippen molar-refractivity contribution in [2.24, 2.45) is 5.73 Å². The number of para-hydroxylation sites is 1. The van der Waals surface area contributed by atoms with Gasteiger partial charge in [0.2, 0.25) is 0 Å². The van der Waals surface area contributed by atoms with E-state index in [1.165, 1.54) is 12.1 Å². The minimum absolute atomic E-state index is 0.189. The molecule has 1 atom stereocenters. The van der Waals surface area contributed by atoms with Crippen LogP contribution in [0.3, 0.4) is 0 Å². The molecule has 0 aliphatic carbocycles. The van der Waals surface area contributed by atoms with Gasteiger partial charge in [0.15, 0.2) is 0 Å². The van der Waals surface area contributed by atoms with E-state index in [0.717, 1.165) is 27.3 Å². The van der Waals surface area contributed by atoms with Crippen molar-refractivity contribution in [3.8, 4) is 0 Å². The third-order valence-corrected chi connectivity index (χ3v) is 3.80. The van der Waals surface area contributed by atoms with Gasteiger partial charge >= 0.3 is 0 Å². The molecule has 0 unspecified atom stereocenters. The third-order valence-electron chi connectivity index (χ3n) is 3.44. The topological polar surface area (TPSA) is 43.8 Å². The number of imidazole rings is 1. The molecule has 1 aromatic heterocycles. The zero-order chi connectivity index (χ0) is 15.0. The van der Waals surface area contributed by atoms with Gasteiger partial charge in [-0.1, -0.05) is 18.2 Å². The van der Waals surface area contributed by atoms with Crippen LogP contribution in [-0.4, -0.2) is 9.55 Å². The van der Waals surface area contributed by atoms with Crippen molar-refractivity contribution < 1.29 is 4.39 Å². The summed E-state index contributed by atoms with van der Waals surface area (Å²) >= 11 is 4.52. The number of hydrogen-bond acceptors (Lipinski definition) is 3. The van der Waals surface area contributed by atoms with Gasteiger partial charge in [0.25, 0.3) is 0 Å². The first-order valence-electron chi connectivity index (χ1n) is 6.74. The molecule has 5 heteroatoms. The Bertz CT molecular complexity index is 778. The highest BCUT2D eigenvalue weighted by Gasteiger charge is 2.15. The predicted octanol–water partition coefficient (Wildman–Crippen LogP) is 3.53. The predicted molar refractivity (Wildman–Crippen MR) is 85.1 cm³/mol. The second-order valence-electron chi connectivity index (χ2n) is 5.12. The van der Waals surface area contributed by atoms with Crippen LogP contribution >= 0.6 is 12.6 Å². The molecule has 0 spiro atoms. The van der Waals surface area contributed by atoms with Crippen molar-refractivity contribution in [3.63, 3.8) is 0 Å². The van der Waals surface area contributed by atoms with Crippen molar-refractivity contribution >= 4 is 23.7 Å². The molecule has 0 saturated carbocycles. The third kappa shape index (κ3) is 2.66. The Kier molecular flexibility index (Phi) is 3.69. The zero-order valence-corrected chi connectivity index (χ0v) is 12.5. The number of fused-ring (bicyclic) bond motifs is 1. The van der Waals surface area contributed by atoms with Gasteiger partial charge in [-0.2, -0.15) is 0 Å². The highest BCUT2D eigenvalue weighted by Crippen LogP contribution is 2.26. The van der Waals surface area contributed by atoms with Gasteiger partial charge in [0, 0.05) is 11.4 Å². The van der Waals surface area contributed by atoms with E-state index in [-0.39, 0.29) is 11.9 Å². The summed E-state index contributed by atoms with van der Waals surface area (Å²) in [5.41, 5.74) is 8.86. The standard InChI is InChI=1S/C16H16FN3S/c1-10(18)16-19-13-3-2-4-14(21)15(13)20(16)9-11-5-7-12(17)8-6-11/h2-8,10,21H,9,18H2,1H3/t10-/m0/s1. The van der Waals surface area contributed by atoms with E-state index < -0.39 is 0 Å². The summed E-state index contributed by atoms with van der Waals surface area (Å²) in [5.74, 6) is 0.562. The van der Waals surface area contributed by atoms with Gasteiger partial charge in [-0.05, 0) is 36.8 Å². The fourth-order valence-electron chi connectivity index (χ4n) is 2.46. The van der Waals surface area contributed by atoms with Crippen LogP contribution < -0.4 is 5.73 Å². The smallest absolute Gasteiger partial charge is 0.126 e. The van der Waals surface area contributed by atoms with Gasteiger partial charge in [0.1, 0.15) is 11.6 Å². The van der Waals surface area contributed by atoms with Crippen LogP contribution in [0, 0.1) is 5.82 Å². The Morgan fingerprint density at radius 3 is 2.62 bits per heavy atom. The SMILES string of the molecule is C[C@H](N)c1nc2cccc(S)c2n1Cc1ccc(F)cc1. The summed E-state index contributed by atoms with van der Waals surface area (Å²) in [6.45, 7) is 2.49. The molecule has 3 aromatic rings. The van der Waals surface area contributed by atoms with Gasteiger partial charge in [-0.15, -0.1) is 12.6 Å². The first kappa shape index (κ1) is 14.1. The second-order valence-corrected chi connectivity index (χ2v) is 5.60. The van der Waals surface area contributed by atoms with E-state index in [1.54, 1.807) is 12.1 Å². The summed E-state index contributed by atoms with van der Waals surface area (Å²) in [7, 11) is 0. The lowest BCUT2D eigenvalue weighted by atomic mass is 10.2. The van der Waals surface area contributed by atoms with E-state index in [4.69, 9.17) is 5.73 Å². The summed E-state index contributed by atoms with van der Waals surface area (Å²) in [5, 5.41) is 0. The van der Waals surface area contributed by atoms with Crippen molar-refractivity contribution in [1.82, 2.24) is 9.55 Å². The maximum absolute atomic E-state index is 13.0. The molecule has 3 rings (SSSR count). The fraction of sp³-hybridized carbons (Fsp3) is 0.188. The number of nitrogens with zero attached hydrogens (tertiary/aromatic N) is 2. The minimum Gasteiger partial charge on any atom is -0.322 e.